The third-order valence-electron chi connectivity index (χ3n) is 4.70. The van der Waals surface area contributed by atoms with Crippen molar-refractivity contribution in [2.75, 3.05) is 40.8 Å². The summed E-state index contributed by atoms with van der Waals surface area (Å²) < 4.78 is 12.0. The summed E-state index contributed by atoms with van der Waals surface area (Å²) in [5, 5.41) is 0. The molecule has 0 aromatic heterocycles. The second-order valence-electron chi connectivity index (χ2n) is 9.81. The van der Waals surface area contributed by atoms with Crippen LogP contribution >= 0.6 is 0 Å². The van der Waals surface area contributed by atoms with Crippen LogP contribution in [0.2, 0.25) is 0 Å². The molecule has 0 aliphatic carbocycles. The zero-order valence-corrected chi connectivity index (χ0v) is 22.4. The Morgan fingerprint density at radius 1 is 0.926 bits per heavy atom. The number of benzene rings is 1. The van der Waals surface area contributed by atoms with Gasteiger partial charge in [0.05, 0.1) is 0 Å². The molecule has 1 rings (SSSR count). The van der Waals surface area contributed by atoms with Crippen LogP contribution in [0.1, 0.15) is 65.2 Å². The number of rotatable bonds is 9. The van der Waals surface area contributed by atoms with Crippen molar-refractivity contribution in [2.24, 2.45) is 0 Å². The molecule has 0 N–H and O–H groups in total. The van der Waals surface area contributed by atoms with Crippen molar-refractivity contribution >= 4 is 0 Å². The molecule has 1 aromatic carbocycles. The summed E-state index contributed by atoms with van der Waals surface area (Å²) in [5.41, 5.74) is 4.11. The van der Waals surface area contributed by atoms with Gasteiger partial charge < -0.3 is 0 Å². The SMILES string of the molecule is CC[O][Zn][O]c1c(CN(C)CCN(C)C)cc(C(C)(C)C)cc1C(C)(C)C. The van der Waals surface area contributed by atoms with Gasteiger partial charge in [0, 0.05) is 0 Å². The molecule has 0 heterocycles. The van der Waals surface area contributed by atoms with E-state index in [0.717, 1.165) is 32.0 Å². The van der Waals surface area contributed by atoms with Crippen molar-refractivity contribution in [3.8, 4) is 5.75 Å². The zero-order valence-electron chi connectivity index (χ0n) is 19.4. The Balaban J connectivity index is 3.35. The molecule has 4 nitrogen and oxygen atoms in total. The van der Waals surface area contributed by atoms with E-state index in [0.29, 0.717) is 0 Å². The average molecular weight is 430 g/mol. The number of hydrogen-bond acceptors (Lipinski definition) is 4. The van der Waals surface area contributed by atoms with Crippen LogP contribution in [-0.2, 0) is 38.8 Å². The van der Waals surface area contributed by atoms with E-state index in [4.69, 9.17) is 7.13 Å². The van der Waals surface area contributed by atoms with Gasteiger partial charge in [0.25, 0.3) is 0 Å². The Kier molecular flexibility index (Phi) is 9.41. The first kappa shape index (κ1) is 24.6. The van der Waals surface area contributed by atoms with Gasteiger partial charge >= 0.3 is 176 Å². The van der Waals surface area contributed by atoms with Crippen molar-refractivity contribution in [2.45, 2.75) is 65.8 Å². The predicted molar refractivity (Wildman–Crippen MR) is 111 cm³/mol. The third kappa shape index (κ3) is 8.19. The fourth-order valence-corrected chi connectivity index (χ4v) is 4.38. The van der Waals surface area contributed by atoms with Crippen molar-refractivity contribution in [1.82, 2.24) is 9.80 Å². The van der Waals surface area contributed by atoms with Gasteiger partial charge in [-0.25, -0.2) is 0 Å². The van der Waals surface area contributed by atoms with Crippen LogP contribution in [0.5, 0.6) is 5.75 Å². The first-order valence-corrected chi connectivity index (χ1v) is 12.5. The van der Waals surface area contributed by atoms with E-state index in [9.17, 15) is 0 Å². The molecule has 0 unspecified atom stereocenters. The van der Waals surface area contributed by atoms with Gasteiger partial charge in [-0.1, -0.05) is 0 Å². The van der Waals surface area contributed by atoms with Crippen molar-refractivity contribution in [3.05, 3.63) is 28.8 Å². The van der Waals surface area contributed by atoms with Gasteiger partial charge in [-0.3, -0.25) is 0 Å². The molecular formula is C22H40N2O2Zn. The molecule has 0 amide bonds. The molecule has 152 valence electrons. The van der Waals surface area contributed by atoms with Crippen LogP contribution in [0.4, 0.5) is 0 Å². The molecule has 5 heteroatoms. The third-order valence-corrected chi connectivity index (χ3v) is 6.76. The second-order valence-corrected chi connectivity index (χ2v) is 11.8. The second kappa shape index (κ2) is 10.3. The molecule has 0 aliphatic rings. The standard InChI is InChI=1S/C20H36N2O.C2H5O.Zn/c1-19(2,3)16-12-15(14-22(9)11-10-21(7)8)18(23)17(13-16)20(4,5)6;1-2-3;/h12-13,23H,10-11,14H2,1-9H3;2H2,1H3;/q;-1;+2/p-1. The maximum absolute atomic E-state index is 6.36. The van der Waals surface area contributed by atoms with Crippen molar-refractivity contribution in [1.29, 1.82) is 0 Å². The molecule has 0 spiro atoms. The topological polar surface area (TPSA) is 24.9 Å². The van der Waals surface area contributed by atoms with Gasteiger partial charge in [-0.15, -0.1) is 0 Å². The Morgan fingerprint density at radius 2 is 1.56 bits per heavy atom. The molecule has 27 heavy (non-hydrogen) atoms. The predicted octanol–water partition coefficient (Wildman–Crippen LogP) is 4.60. The van der Waals surface area contributed by atoms with E-state index >= 15 is 0 Å². The Bertz CT molecular complexity index is 589. The van der Waals surface area contributed by atoms with Crippen molar-refractivity contribution < 1.29 is 25.0 Å². The van der Waals surface area contributed by atoms with Crippen LogP contribution in [0.25, 0.3) is 0 Å². The van der Waals surface area contributed by atoms with Crippen LogP contribution in [0.3, 0.4) is 0 Å². The quantitative estimate of drug-likeness (QED) is 0.423. The zero-order chi connectivity index (χ0) is 20.8. The normalized spacial score (nSPS) is 12.6. The minimum absolute atomic E-state index is 0.0298. The van der Waals surface area contributed by atoms with E-state index in [1.165, 1.54) is 16.7 Å². The molecule has 0 radical (unpaired) electrons. The van der Waals surface area contributed by atoms with E-state index in [1.54, 1.807) is 0 Å². The van der Waals surface area contributed by atoms with Crippen molar-refractivity contribution in [3.63, 3.8) is 0 Å². The molecule has 1 aromatic rings. The Labute approximate surface area is 176 Å². The van der Waals surface area contributed by atoms with Crippen LogP contribution in [0, 0.1) is 0 Å². The maximum atomic E-state index is 6.36. The summed E-state index contributed by atoms with van der Waals surface area (Å²) in [6, 6.07) is 4.71. The Morgan fingerprint density at radius 3 is 2.04 bits per heavy atom. The molecule has 0 atom stereocenters. The monoisotopic (exact) mass is 428 g/mol. The summed E-state index contributed by atoms with van der Waals surface area (Å²) in [4.78, 5) is 4.61. The summed E-state index contributed by atoms with van der Waals surface area (Å²) >= 11 is -1.48. The molecule has 0 saturated heterocycles. The fraction of sp³-hybridized carbons (Fsp3) is 0.727. The Hall–Kier alpha value is -0.477. The van der Waals surface area contributed by atoms with Crippen LogP contribution in [0.15, 0.2) is 12.1 Å². The van der Waals surface area contributed by atoms with E-state index in [1.807, 2.05) is 6.92 Å². The first-order chi connectivity index (χ1) is 12.4. The summed E-state index contributed by atoms with van der Waals surface area (Å²) in [6.07, 6.45) is 0. The molecule has 0 bridgehead atoms. The molecular weight excluding hydrogens is 390 g/mol. The van der Waals surface area contributed by atoms with Gasteiger partial charge in [0.15, 0.2) is 0 Å². The summed E-state index contributed by atoms with van der Waals surface area (Å²) in [6.45, 7) is 19.4. The average Bonchev–Trinajstić information content (AvgIpc) is 2.52. The summed E-state index contributed by atoms with van der Waals surface area (Å²) in [5.74, 6) is 1.07. The fourth-order valence-electron chi connectivity index (χ4n) is 2.89. The number of likely N-dealkylation sites (N-methyl/N-ethyl adjacent to an activating group) is 2. The van der Waals surface area contributed by atoms with Crippen LogP contribution in [-0.4, -0.2) is 50.6 Å². The van der Waals surface area contributed by atoms with E-state index in [-0.39, 0.29) is 10.8 Å². The van der Waals surface area contributed by atoms with Gasteiger partial charge in [-0.2, -0.15) is 0 Å². The summed E-state index contributed by atoms with van der Waals surface area (Å²) in [7, 11) is 6.43. The minimum atomic E-state index is -1.48. The van der Waals surface area contributed by atoms with Gasteiger partial charge in [0.1, 0.15) is 0 Å². The van der Waals surface area contributed by atoms with Gasteiger partial charge in [0.2, 0.25) is 0 Å². The number of hydrogen-bond donors (Lipinski definition) is 0. The first-order valence-electron chi connectivity index (χ1n) is 10.1. The molecule has 0 fully saturated rings. The number of nitrogens with zero attached hydrogens (tertiary/aromatic N) is 2. The van der Waals surface area contributed by atoms with E-state index < -0.39 is 17.8 Å². The van der Waals surface area contributed by atoms with Gasteiger partial charge in [-0.05, 0) is 0 Å². The molecule has 0 aliphatic heterocycles. The van der Waals surface area contributed by atoms with Crippen LogP contribution < -0.4 is 3.56 Å². The molecule has 0 saturated carbocycles. The van der Waals surface area contributed by atoms with E-state index in [2.05, 4.69) is 84.6 Å².